The lowest BCUT2D eigenvalue weighted by Crippen LogP contribution is -2.58. The van der Waals surface area contributed by atoms with Crippen LogP contribution >= 0.6 is 0 Å². The van der Waals surface area contributed by atoms with Crippen LogP contribution in [0.4, 0.5) is 4.79 Å². The Morgan fingerprint density at radius 2 is 1.88 bits per heavy atom. The van der Waals surface area contributed by atoms with Crippen molar-refractivity contribution in [1.82, 2.24) is 20.0 Å². The number of urea groups is 1. The Bertz CT molecular complexity index is 467. The summed E-state index contributed by atoms with van der Waals surface area (Å²) in [5, 5.41) is 12.1. The van der Waals surface area contributed by atoms with Crippen LogP contribution in [0.25, 0.3) is 0 Å². The predicted octanol–water partition coefficient (Wildman–Crippen LogP) is 1.44. The maximum atomic E-state index is 12.5. The monoisotopic (exact) mass is 354 g/mol. The standard InChI is InChI=1S/C18H34N4O3/c1-5-21-8-7-15(9-13(21)3)20(4)18(25)19-14-10-16(11-14)22(6-2)12-17(23)24/h13-16H,5-12H2,1-4H3,(H,19,25)(H,23,24). The van der Waals surface area contributed by atoms with E-state index in [1.54, 1.807) is 0 Å². The molecule has 2 amide bonds. The van der Waals surface area contributed by atoms with Gasteiger partial charge in [-0.25, -0.2) is 4.79 Å². The molecule has 0 bridgehead atoms. The topological polar surface area (TPSA) is 76.1 Å². The summed E-state index contributed by atoms with van der Waals surface area (Å²) in [6.07, 6.45) is 3.72. The molecule has 1 aliphatic heterocycles. The Morgan fingerprint density at radius 1 is 1.20 bits per heavy atom. The van der Waals surface area contributed by atoms with Crippen LogP contribution in [-0.2, 0) is 4.79 Å². The Morgan fingerprint density at radius 3 is 2.40 bits per heavy atom. The zero-order chi connectivity index (χ0) is 18.6. The number of amides is 2. The fourth-order valence-corrected chi connectivity index (χ4v) is 4.14. The summed E-state index contributed by atoms with van der Waals surface area (Å²) >= 11 is 0. The average Bonchev–Trinajstić information content (AvgIpc) is 2.54. The largest absolute Gasteiger partial charge is 0.480 e. The third-order valence-corrected chi connectivity index (χ3v) is 5.96. The number of nitrogens with zero attached hydrogens (tertiary/aromatic N) is 3. The molecule has 1 heterocycles. The molecule has 2 fully saturated rings. The molecule has 2 N–H and O–H groups in total. The second kappa shape index (κ2) is 8.85. The first-order valence-corrected chi connectivity index (χ1v) is 9.58. The predicted molar refractivity (Wildman–Crippen MR) is 97.7 cm³/mol. The van der Waals surface area contributed by atoms with Crippen LogP contribution in [0, 0.1) is 0 Å². The molecule has 2 unspecified atom stereocenters. The second-order valence-corrected chi connectivity index (χ2v) is 7.50. The molecular weight excluding hydrogens is 320 g/mol. The Kier molecular flexibility index (Phi) is 7.07. The van der Waals surface area contributed by atoms with Crippen LogP contribution in [0.3, 0.4) is 0 Å². The van der Waals surface area contributed by atoms with Crippen molar-refractivity contribution < 1.29 is 14.7 Å². The summed E-state index contributed by atoms with van der Waals surface area (Å²) in [6, 6.07) is 1.25. The number of hydrogen-bond acceptors (Lipinski definition) is 4. The Hall–Kier alpha value is -1.34. The molecule has 1 saturated heterocycles. The normalized spacial score (nSPS) is 30.0. The number of carbonyl (C=O) groups is 2. The summed E-state index contributed by atoms with van der Waals surface area (Å²) < 4.78 is 0. The molecule has 1 aliphatic carbocycles. The molecule has 0 spiro atoms. The van der Waals surface area contributed by atoms with Crippen molar-refractivity contribution in [3.05, 3.63) is 0 Å². The number of likely N-dealkylation sites (N-methyl/N-ethyl adjacent to an activating group) is 1. The maximum absolute atomic E-state index is 12.5. The molecule has 2 rings (SSSR count). The summed E-state index contributed by atoms with van der Waals surface area (Å²) in [4.78, 5) is 29.7. The molecule has 2 atom stereocenters. The number of piperidine rings is 1. The number of carbonyl (C=O) groups excluding carboxylic acids is 1. The van der Waals surface area contributed by atoms with Crippen LogP contribution in [0.1, 0.15) is 46.5 Å². The number of likely N-dealkylation sites (tertiary alicyclic amines) is 1. The zero-order valence-electron chi connectivity index (χ0n) is 16.1. The number of aliphatic carboxylic acids is 1. The van der Waals surface area contributed by atoms with Crippen LogP contribution in [0.2, 0.25) is 0 Å². The Labute approximate surface area is 151 Å². The van der Waals surface area contributed by atoms with Gasteiger partial charge in [0.05, 0.1) is 6.54 Å². The van der Waals surface area contributed by atoms with Gasteiger partial charge in [0.1, 0.15) is 0 Å². The lowest BCUT2D eigenvalue weighted by atomic mass is 9.85. The fourth-order valence-electron chi connectivity index (χ4n) is 4.14. The molecule has 144 valence electrons. The summed E-state index contributed by atoms with van der Waals surface area (Å²) in [5.74, 6) is -0.790. The minimum atomic E-state index is -0.790. The lowest BCUT2D eigenvalue weighted by molar-refractivity contribution is -0.139. The molecule has 7 nitrogen and oxygen atoms in total. The highest BCUT2D eigenvalue weighted by molar-refractivity contribution is 5.74. The van der Waals surface area contributed by atoms with E-state index in [1.165, 1.54) is 0 Å². The van der Waals surface area contributed by atoms with Gasteiger partial charge in [-0.05, 0) is 45.7 Å². The number of carboxylic acids is 1. The summed E-state index contributed by atoms with van der Waals surface area (Å²) in [6.45, 7) is 9.32. The van der Waals surface area contributed by atoms with E-state index in [0.717, 1.165) is 45.3 Å². The van der Waals surface area contributed by atoms with E-state index in [4.69, 9.17) is 5.11 Å². The van der Waals surface area contributed by atoms with Crippen molar-refractivity contribution in [1.29, 1.82) is 0 Å². The first-order valence-electron chi connectivity index (χ1n) is 9.58. The van der Waals surface area contributed by atoms with E-state index >= 15 is 0 Å². The number of hydrogen-bond donors (Lipinski definition) is 2. The van der Waals surface area contributed by atoms with Crippen LogP contribution in [-0.4, -0.2) is 89.2 Å². The van der Waals surface area contributed by atoms with E-state index in [9.17, 15) is 9.59 Å². The molecular formula is C18H34N4O3. The van der Waals surface area contributed by atoms with E-state index < -0.39 is 5.97 Å². The van der Waals surface area contributed by atoms with Crippen molar-refractivity contribution in [3.63, 3.8) is 0 Å². The van der Waals surface area contributed by atoms with Crippen LogP contribution in [0.15, 0.2) is 0 Å². The van der Waals surface area contributed by atoms with Gasteiger partial charge in [-0.1, -0.05) is 13.8 Å². The van der Waals surface area contributed by atoms with E-state index in [1.807, 2.05) is 23.8 Å². The molecule has 0 aromatic heterocycles. The third kappa shape index (κ3) is 5.07. The van der Waals surface area contributed by atoms with Gasteiger partial charge in [-0.2, -0.15) is 0 Å². The second-order valence-electron chi connectivity index (χ2n) is 7.50. The molecule has 25 heavy (non-hydrogen) atoms. The highest BCUT2D eigenvalue weighted by atomic mass is 16.4. The van der Waals surface area contributed by atoms with E-state index in [2.05, 4.69) is 24.1 Å². The maximum Gasteiger partial charge on any atom is 0.317 e. The minimum Gasteiger partial charge on any atom is -0.480 e. The third-order valence-electron chi connectivity index (χ3n) is 5.96. The van der Waals surface area contributed by atoms with E-state index in [0.29, 0.717) is 12.1 Å². The molecule has 0 aromatic rings. The van der Waals surface area contributed by atoms with Gasteiger partial charge in [-0.3, -0.25) is 9.69 Å². The summed E-state index contributed by atoms with van der Waals surface area (Å²) in [7, 11) is 1.90. The SMILES string of the molecule is CCN1CCC(N(C)C(=O)NC2CC(N(CC)CC(=O)O)C2)CC1C. The van der Waals surface area contributed by atoms with Crippen molar-refractivity contribution in [3.8, 4) is 0 Å². The van der Waals surface area contributed by atoms with Gasteiger partial charge in [0, 0.05) is 37.8 Å². The van der Waals surface area contributed by atoms with Gasteiger partial charge in [0.25, 0.3) is 0 Å². The lowest BCUT2D eigenvalue weighted by Gasteiger charge is -2.44. The minimum absolute atomic E-state index is 0.00637. The molecule has 2 aliphatic rings. The van der Waals surface area contributed by atoms with Gasteiger partial charge >= 0.3 is 12.0 Å². The molecule has 1 saturated carbocycles. The number of nitrogens with one attached hydrogen (secondary N) is 1. The highest BCUT2D eigenvalue weighted by Gasteiger charge is 2.36. The van der Waals surface area contributed by atoms with E-state index in [-0.39, 0.29) is 24.7 Å². The van der Waals surface area contributed by atoms with Gasteiger partial charge in [-0.15, -0.1) is 0 Å². The van der Waals surface area contributed by atoms with Gasteiger partial charge in [0.2, 0.25) is 0 Å². The number of carboxylic acid groups (broad SMARTS) is 1. The van der Waals surface area contributed by atoms with Crippen LogP contribution in [0.5, 0.6) is 0 Å². The van der Waals surface area contributed by atoms with Gasteiger partial charge < -0.3 is 20.2 Å². The van der Waals surface area contributed by atoms with Crippen LogP contribution < -0.4 is 5.32 Å². The van der Waals surface area contributed by atoms with Crippen molar-refractivity contribution >= 4 is 12.0 Å². The van der Waals surface area contributed by atoms with Crippen molar-refractivity contribution in [2.24, 2.45) is 0 Å². The molecule has 7 heteroatoms. The average molecular weight is 354 g/mol. The number of rotatable bonds is 7. The fraction of sp³-hybridized carbons (Fsp3) is 0.889. The summed E-state index contributed by atoms with van der Waals surface area (Å²) in [5.41, 5.74) is 0. The Balaban J connectivity index is 1.75. The van der Waals surface area contributed by atoms with Crippen molar-refractivity contribution in [2.45, 2.75) is 70.6 Å². The smallest absolute Gasteiger partial charge is 0.317 e. The highest BCUT2D eigenvalue weighted by Crippen LogP contribution is 2.26. The zero-order valence-corrected chi connectivity index (χ0v) is 16.1. The first kappa shape index (κ1) is 20.0. The molecule has 0 radical (unpaired) electrons. The first-order chi connectivity index (χ1) is 11.8. The van der Waals surface area contributed by atoms with Gasteiger partial charge in [0.15, 0.2) is 0 Å². The molecule has 0 aromatic carbocycles. The van der Waals surface area contributed by atoms with Crippen molar-refractivity contribution in [2.75, 3.05) is 33.2 Å². The quantitative estimate of drug-likeness (QED) is 0.723.